The van der Waals surface area contributed by atoms with Crippen LogP contribution in [-0.4, -0.2) is 90.2 Å². The molecule has 2 N–H and O–H groups in total. The number of hydrogen-bond acceptors (Lipinski definition) is 4. The summed E-state index contributed by atoms with van der Waals surface area (Å²) in [6, 6.07) is 8.21. The molecule has 0 saturated carbocycles. The number of amides is 2. The number of piperazine rings is 1. The minimum atomic E-state index is -1.00. The van der Waals surface area contributed by atoms with Gasteiger partial charge >= 0.3 is 12.0 Å². The van der Waals surface area contributed by atoms with E-state index in [2.05, 4.69) is 29.2 Å². The van der Waals surface area contributed by atoms with Crippen LogP contribution in [0, 0.1) is 0 Å². The number of carboxylic acids is 1. The van der Waals surface area contributed by atoms with Crippen LogP contribution in [0.4, 0.5) is 4.79 Å². The molecule has 0 aliphatic carbocycles. The average molecular weight is 374 g/mol. The highest BCUT2D eigenvalue weighted by Crippen LogP contribution is 2.31. The van der Waals surface area contributed by atoms with Crippen LogP contribution < -0.4 is 5.32 Å². The van der Waals surface area contributed by atoms with Gasteiger partial charge in [-0.3, -0.25) is 4.90 Å². The number of benzene rings is 1. The third kappa shape index (κ3) is 4.59. The number of likely N-dealkylation sites (tertiary alicyclic amines) is 1. The number of carboxylic acid groups (broad SMARTS) is 1. The fourth-order valence-electron chi connectivity index (χ4n) is 4.10. The Morgan fingerprint density at radius 1 is 1.11 bits per heavy atom. The van der Waals surface area contributed by atoms with Gasteiger partial charge in [-0.1, -0.05) is 30.3 Å². The molecule has 1 aromatic rings. The molecule has 7 nitrogen and oxygen atoms in total. The third-order valence-electron chi connectivity index (χ3n) is 6.08. The first-order valence-corrected chi connectivity index (χ1v) is 9.62. The van der Waals surface area contributed by atoms with Gasteiger partial charge in [0.15, 0.2) is 0 Å². The highest BCUT2D eigenvalue weighted by molar-refractivity contribution is 5.83. The zero-order valence-corrected chi connectivity index (χ0v) is 16.2. The molecule has 148 valence electrons. The van der Waals surface area contributed by atoms with Gasteiger partial charge in [-0.05, 0) is 45.6 Å². The Morgan fingerprint density at radius 3 is 2.41 bits per heavy atom. The van der Waals surface area contributed by atoms with E-state index in [1.165, 1.54) is 0 Å². The fraction of sp³-hybridized carbons (Fsp3) is 0.600. The minimum Gasteiger partial charge on any atom is -0.480 e. The van der Waals surface area contributed by atoms with Crippen molar-refractivity contribution >= 4 is 12.0 Å². The van der Waals surface area contributed by atoms with E-state index >= 15 is 0 Å². The molecule has 2 aliphatic rings. The van der Waals surface area contributed by atoms with Gasteiger partial charge in [-0.15, -0.1) is 0 Å². The first-order valence-electron chi connectivity index (χ1n) is 9.62. The van der Waals surface area contributed by atoms with Crippen LogP contribution in [0.1, 0.15) is 18.4 Å². The standard InChI is InChI=1S/C20H30N4O3/c1-22-10-8-20(9-11-22)15-24(13-12-23(20)2)19(27)21-17(18(25)26)14-16-6-4-3-5-7-16/h3-7,17H,8-15H2,1-2H3,(H,21,27)(H,25,26)/t17-/m0/s1. The zero-order valence-electron chi connectivity index (χ0n) is 16.2. The third-order valence-corrected chi connectivity index (χ3v) is 6.08. The van der Waals surface area contributed by atoms with Crippen molar-refractivity contribution in [2.75, 3.05) is 46.8 Å². The van der Waals surface area contributed by atoms with E-state index < -0.39 is 12.0 Å². The second-order valence-electron chi connectivity index (χ2n) is 7.90. The number of carbonyl (C=O) groups excluding carboxylic acids is 1. The zero-order chi connectivity index (χ0) is 19.4. The topological polar surface area (TPSA) is 76.1 Å². The molecule has 2 amide bonds. The summed E-state index contributed by atoms with van der Waals surface area (Å²) in [5, 5.41) is 12.3. The van der Waals surface area contributed by atoms with Gasteiger partial charge in [0, 0.05) is 31.6 Å². The van der Waals surface area contributed by atoms with Crippen LogP contribution in [-0.2, 0) is 11.2 Å². The number of carbonyl (C=O) groups is 2. The monoisotopic (exact) mass is 374 g/mol. The van der Waals surface area contributed by atoms with Gasteiger partial charge in [-0.25, -0.2) is 9.59 Å². The van der Waals surface area contributed by atoms with Gasteiger partial charge in [0.2, 0.25) is 0 Å². The number of likely N-dealkylation sites (N-methyl/N-ethyl adjacent to an activating group) is 1. The second kappa shape index (κ2) is 8.27. The van der Waals surface area contributed by atoms with Crippen LogP contribution in [0.3, 0.4) is 0 Å². The Hall–Kier alpha value is -2.12. The molecule has 1 spiro atoms. The Kier molecular flexibility index (Phi) is 6.01. The van der Waals surface area contributed by atoms with Crippen molar-refractivity contribution < 1.29 is 14.7 Å². The summed E-state index contributed by atoms with van der Waals surface area (Å²) in [6.07, 6.45) is 2.33. The maximum atomic E-state index is 12.8. The van der Waals surface area contributed by atoms with E-state index in [-0.39, 0.29) is 18.0 Å². The van der Waals surface area contributed by atoms with Crippen LogP contribution in [0.2, 0.25) is 0 Å². The van der Waals surface area contributed by atoms with Crippen molar-refractivity contribution in [2.45, 2.75) is 30.8 Å². The summed E-state index contributed by atoms with van der Waals surface area (Å²) in [4.78, 5) is 31.0. The first kappa shape index (κ1) is 19.6. The lowest BCUT2D eigenvalue weighted by molar-refractivity contribution is -0.139. The quantitative estimate of drug-likeness (QED) is 0.826. The van der Waals surface area contributed by atoms with Gasteiger partial charge in [0.25, 0.3) is 0 Å². The van der Waals surface area contributed by atoms with Crippen molar-refractivity contribution in [3.05, 3.63) is 35.9 Å². The van der Waals surface area contributed by atoms with E-state index in [0.717, 1.165) is 38.0 Å². The summed E-state index contributed by atoms with van der Waals surface area (Å²) >= 11 is 0. The minimum absolute atomic E-state index is 0.000248. The van der Waals surface area contributed by atoms with Crippen LogP contribution in [0.15, 0.2) is 30.3 Å². The predicted molar refractivity (Wildman–Crippen MR) is 104 cm³/mol. The molecule has 2 aliphatic heterocycles. The highest BCUT2D eigenvalue weighted by atomic mass is 16.4. The molecule has 0 bridgehead atoms. The summed E-state index contributed by atoms with van der Waals surface area (Å²) in [5.74, 6) is -1.00. The molecule has 1 atom stereocenters. The molecule has 0 aromatic heterocycles. The summed E-state index contributed by atoms with van der Waals surface area (Å²) in [5.41, 5.74) is 0.899. The van der Waals surface area contributed by atoms with Crippen molar-refractivity contribution in [1.29, 1.82) is 0 Å². The number of rotatable bonds is 4. The van der Waals surface area contributed by atoms with E-state index in [4.69, 9.17) is 0 Å². The Bertz CT molecular complexity index is 658. The summed E-state index contributed by atoms with van der Waals surface area (Å²) < 4.78 is 0. The molecular weight excluding hydrogens is 344 g/mol. The van der Waals surface area contributed by atoms with Gasteiger partial charge < -0.3 is 20.2 Å². The number of hydrogen-bond donors (Lipinski definition) is 2. The van der Waals surface area contributed by atoms with Crippen molar-refractivity contribution in [3.8, 4) is 0 Å². The first-order chi connectivity index (χ1) is 12.9. The maximum absolute atomic E-state index is 12.8. The number of urea groups is 1. The molecule has 3 rings (SSSR count). The van der Waals surface area contributed by atoms with Crippen LogP contribution >= 0.6 is 0 Å². The Labute approximate surface area is 160 Å². The second-order valence-corrected chi connectivity index (χ2v) is 7.90. The average Bonchev–Trinajstić information content (AvgIpc) is 2.66. The van der Waals surface area contributed by atoms with Crippen LogP contribution in [0.5, 0.6) is 0 Å². The van der Waals surface area contributed by atoms with Gasteiger partial charge in [0.1, 0.15) is 6.04 Å². The molecule has 27 heavy (non-hydrogen) atoms. The molecule has 0 unspecified atom stereocenters. The van der Waals surface area contributed by atoms with Crippen LogP contribution in [0.25, 0.3) is 0 Å². The lowest BCUT2D eigenvalue weighted by Crippen LogP contribution is -2.66. The predicted octanol–water partition coefficient (Wildman–Crippen LogP) is 1.10. The highest BCUT2D eigenvalue weighted by Gasteiger charge is 2.43. The smallest absolute Gasteiger partial charge is 0.326 e. The lowest BCUT2D eigenvalue weighted by atomic mass is 9.84. The molecule has 2 fully saturated rings. The van der Waals surface area contributed by atoms with Crippen molar-refractivity contribution in [2.24, 2.45) is 0 Å². The Balaban J connectivity index is 1.64. The van der Waals surface area contributed by atoms with Gasteiger partial charge in [-0.2, -0.15) is 0 Å². The van der Waals surface area contributed by atoms with E-state index in [1.807, 2.05) is 30.3 Å². The van der Waals surface area contributed by atoms with E-state index in [9.17, 15) is 14.7 Å². The number of piperidine rings is 1. The Morgan fingerprint density at radius 2 is 1.78 bits per heavy atom. The molecular formula is C20H30N4O3. The number of aliphatic carboxylic acids is 1. The molecule has 7 heteroatoms. The fourth-order valence-corrected chi connectivity index (χ4v) is 4.10. The maximum Gasteiger partial charge on any atom is 0.326 e. The normalized spacial score (nSPS) is 21.8. The lowest BCUT2D eigenvalue weighted by Gasteiger charge is -2.52. The summed E-state index contributed by atoms with van der Waals surface area (Å²) in [6.45, 7) is 4.13. The molecule has 2 saturated heterocycles. The largest absolute Gasteiger partial charge is 0.480 e. The van der Waals surface area contributed by atoms with Crippen molar-refractivity contribution in [3.63, 3.8) is 0 Å². The molecule has 0 radical (unpaired) electrons. The van der Waals surface area contributed by atoms with Crippen molar-refractivity contribution in [1.82, 2.24) is 20.0 Å². The van der Waals surface area contributed by atoms with E-state index in [1.54, 1.807) is 4.90 Å². The number of nitrogens with zero attached hydrogens (tertiary/aromatic N) is 3. The SMILES string of the molecule is CN1CCC2(CC1)CN(C(=O)N[C@@H](Cc1ccccc1)C(=O)O)CCN2C. The van der Waals surface area contributed by atoms with E-state index in [0.29, 0.717) is 13.1 Å². The molecule has 2 heterocycles. The number of nitrogens with one attached hydrogen (secondary N) is 1. The molecule has 1 aromatic carbocycles. The summed E-state index contributed by atoms with van der Waals surface area (Å²) in [7, 11) is 4.26. The van der Waals surface area contributed by atoms with Gasteiger partial charge in [0.05, 0.1) is 0 Å².